The molecule has 0 amide bonds. The normalized spacial score (nSPS) is 16.7. The second kappa shape index (κ2) is 5.09. The molecule has 1 saturated heterocycles. The highest BCUT2D eigenvalue weighted by atomic mass is 15.5. The van der Waals surface area contributed by atoms with E-state index in [1.165, 1.54) is 11.1 Å². The van der Waals surface area contributed by atoms with Gasteiger partial charge < -0.3 is 5.32 Å². The van der Waals surface area contributed by atoms with Gasteiger partial charge in [0.15, 0.2) is 5.82 Å². The number of hydrogen-bond acceptors (Lipinski definition) is 4. The van der Waals surface area contributed by atoms with E-state index in [2.05, 4.69) is 52.9 Å². The van der Waals surface area contributed by atoms with Crippen LogP contribution < -0.4 is 5.32 Å². The van der Waals surface area contributed by atoms with E-state index < -0.39 is 0 Å². The molecule has 1 fully saturated rings. The summed E-state index contributed by atoms with van der Waals surface area (Å²) in [7, 11) is 0. The van der Waals surface area contributed by atoms with Crippen molar-refractivity contribution in [1.82, 2.24) is 25.5 Å². The molecule has 3 rings (SSSR count). The van der Waals surface area contributed by atoms with E-state index in [0.717, 1.165) is 37.4 Å². The molecule has 1 aromatic carbocycles. The van der Waals surface area contributed by atoms with Gasteiger partial charge in [-0.05, 0) is 67.4 Å². The second-order valence-corrected chi connectivity index (χ2v) is 5.26. The van der Waals surface area contributed by atoms with Crippen molar-refractivity contribution in [3.63, 3.8) is 0 Å². The van der Waals surface area contributed by atoms with Gasteiger partial charge in [0.25, 0.3) is 0 Å². The van der Waals surface area contributed by atoms with E-state index in [0.29, 0.717) is 5.92 Å². The fraction of sp³-hybridized carbons (Fsp3) is 0.500. The van der Waals surface area contributed by atoms with Crippen molar-refractivity contribution in [2.24, 2.45) is 0 Å². The van der Waals surface area contributed by atoms with E-state index in [4.69, 9.17) is 0 Å². The van der Waals surface area contributed by atoms with E-state index in [1.54, 1.807) is 0 Å². The molecule has 0 unspecified atom stereocenters. The van der Waals surface area contributed by atoms with Crippen LogP contribution in [-0.4, -0.2) is 33.3 Å². The fourth-order valence-electron chi connectivity index (χ4n) is 2.65. The van der Waals surface area contributed by atoms with Gasteiger partial charge in [-0.15, -0.1) is 5.10 Å². The molecule has 0 saturated carbocycles. The van der Waals surface area contributed by atoms with Gasteiger partial charge in [0.2, 0.25) is 0 Å². The van der Waals surface area contributed by atoms with Crippen molar-refractivity contribution in [3.05, 3.63) is 35.2 Å². The van der Waals surface area contributed by atoms with Gasteiger partial charge in [0.05, 0.1) is 5.69 Å². The first-order chi connectivity index (χ1) is 9.25. The Bertz CT molecular complexity index is 569. The summed E-state index contributed by atoms with van der Waals surface area (Å²) in [6.45, 7) is 6.29. The Hall–Kier alpha value is -1.75. The Labute approximate surface area is 113 Å². The third kappa shape index (κ3) is 2.38. The number of aromatic nitrogens is 4. The molecule has 100 valence electrons. The quantitative estimate of drug-likeness (QED) is 0.890. The molecule has 0 radical (unpaired) electrons. The number of rotatable bonds is 2. The van der Waals surface area contributed by atoms with E-state index in [1.807, 2.05) is 4.68 Å². The van der Waals surface area contributed by atoms with Gasteiger partial charge in [-0.1, -0.05) is 12.1 Å². The predicted octanol–water partition coefficient (Wildman–Crippen LogP) is 1.75. The van der Waals surface area contributed by atoms with Gasteiger partial charge in [0.1, 0.15) is 0 Å². The van der Waals surface area contributed by atoms with Crippen LogP contribution >= 0.6 is 0 Å². The molecule has 0 aliphatic carbocycles. The highest BCUT2D eigenvalue weighted by Gasteiger charge is 2.22. The maximum Gasteiger partial charge on any atom is 0.159 e. The lowest BCUT2D eigenvalue weighted by atomic mass is 9.97. The zero-order chi connectivity index (χ0) is 13.2. The third-order valence-corrected chi connectivity index (χ3v) is 3.79. The molecule has 19 heavy (non-hydrogen) atoms. The minimum absolute atomic E-state index is 0.455. The van der Waals surface area contributed by atoms with Crippen molar-refractivity contribution < 1.29 is 0 Å². The molecule has 0 atom stereocenters. The van der Waals surface area contributed by atoms with Gasteiger partial charge in [-0.2, -0.15) is 4.68 Å². The Morgan fingerprint density at radius 2 is 2.00 bits per heavy atom. The molecule has 5 nitrogen and oxygen atoms in total. The lowest BCUT2D eigenvalue weighted by molar-refractivity contribution is 0.438. The molecular weight excluding hydrogens is 238 g/mol. The summed E-state index contributed by atoms with van der Waals surface area (Å²) in [6.07, 6.45) is 2.20. The van der Waals surface area contributed by atoms with Crippen LogP contribution in [0.25, 0.3) is 5.69 Å². The number of hydrogen-bond donors (Lipinski definition) is 1. The average Bonchev–Trinajstić information content (AvgIpc) is 2.91. The number of nitrogens with one attached hydrogen (secondary N) is 1. The highest BCUT2D eigenvalue weighted by Crippen LogP contribution is 2.25. The molecule has 1 aliphatic rings. The summed E-state index contributed by atoms with van der Waals surface area (Å²) in [6, 6.07) is 6.39. The Balaban J connectivity index is 2.01. The van der Waals surface area contributed by atoms with Crippen molar-refractivity contribution in [1.29, 1.82) is 0 Å². The summed E-state index contributed by atoms with van der Waals surface area (Å²) in [4.78, 5) is 0. The lowest BCUT2D eigenvalue weighted by Gasteiger charge is -2.22. The monoisotopic (exact) mass is 257 g/mol. The van der Waals surface area contributed by atoms with E-state index in [9.17, 15) is 0 Å². The zero-order valence-corrected chi connectivity index (χ0v) is 11.4. The third-order valence-electron chi connectivity index (χ3n) is 3.79. The molecule has 2 heterocycles. The van der Waals surface area contributed by atoms with Crippen LogP contribution in [0.3, 0.4) is 0 Å². The van der Waals surface area contributed by atoms with Gasteiger partial charge in [-0.25, -0.2) is 0 Å². The number of benzene rings is 1. The van der Waals surface area contributed by atoms with Crippen molar-refractivity contribution in [2.45, 2.75) is 32.6 Å². The van der Waals surface area contributed by atoms with E-state index in [-0.39, 0.29) is 0 Å². The van der Waals surface area contributed by atoms with Crippen LogP contribution in [0.15, 0.2) is 18.2 Å². The molecule has 1 N–H and O–H groups in total. The molecule has 1 aliphatic heterocycles. The van der Waals surface area contributed by atoms with Gasteiger partial charge in [0, 0.05) is 5.92 Å². The number of tetrazole rings is 1. The van der Waals surface area contributed by atoms with Crippen LogP contribution in [0.2, 0.25) is 0 Å². The maximum absolute atomic E-state index is 4.26. The average molecular weight is 257 g/mol. The van der Waals surface area contributed by atoms with Crippen LogP contribution in [0.4, 0.5) is 0 Å². The fourth-order valence-corrected chi connectivity index (χ4v) is 2.65. The van der Waals surface area contributed by atoms with Crippen LogP contribution in [0.5, 0.6) is 0 Å². The predicted molar refractivity (Wildman–Crippen MR) is 73.5 cm³/mol. The molecule has 1 aromatic heterocycles. The highest BCUT2D eigenvalue weighted by molar-refractivity contribution is 5.42. The zero-order valence-electron chi connectivity index (χ0n) is 11.4. The first kappa shape index (κ1) is 12.3. The minimum Gasteiger partial charge on any atom is -0.317 e. The Kier molecular flexibility index (Phi) is 3.29. The number of nitrogens with zero attached hydrogens (tertiary/aromatic N) is 4. The summed E-state index contributed by atoms with van der Waals surface area (Å²) in [5.41, 5.74) is 3.53. The molecule has 5 heteroatoms. The van der Waals surface area contributed by atoms with Gasteiger partial charge in [-0.3, -0.25) is 0 Å². The SMILES string of the molecule is Cc1ccc(C)c(-n2nnnc2C2CCNCC2)c1. The lowest BCUT2D eigenvalue weighted by Crippen LogP contribution is -2.28. The number of piperidine rings is 1. The summed E-state index contributed by atoms with van der Waals surface area (Å²) < 4.78 is 1.92. The molecular formula is C14H19N5. The Morgan fingerprint density at radius 3 is 2.79 bits per heavy atom. The summed E-state index contributed by atoms with van der Waals surface area (Å²) in [5.74, 6) is 1.45. The standard InChI is InChI=1S/C14H19N5/c1-10-3-4-11(2)13(9-10)19-14(16-17-18-19)12-5-7-15-8-6-12/h3-4,9,12,15H,5-8H2,1-2H3. The van der Waals surface area contributed by atoms with Gasteiger partial charge >= 0.3 is 0 Å². The smallest absolute Gasteiger partial charge is 0.159 e. The first-order valence-corrected chi connectivity index (χ1v) is 6.82. The van der Waals surface area contributed by atoms with Crippen molar-refractivity contribution in [3.8, 4) is 5.69 Å². The molecule has 0 spiro atoms. The summed E-state index contributed by atoms with van der Waals surface area (Å²) >= 11 is 0. The van der Waals surface area contributed by atoms with Crippen LogP contribution in [-0.2, 0) is 0 Å². The Morgan fingerprint density at radius 1 is 1.21 bits per heavy atom. The number of aryl methyl sites for hydroxylation is 2. The van der Waals surface area contributed by atoms with Crippen LogP contribution in [0, 0.1) is 13.8 Å². The first-order valence-electron chi connectivity index (χ1n) is 6.82. The van der Waals surface area contributed by atoms with E-state index >= 15 is 0 Å². The topological polar surface area (TPSA) is 55.6 Å². The molecule has 2 aromatic rings. The van der Waals surface area contributed by atoms with Crippen molar-refractivity contribution >= 4 is 0 Å². The minimum atomic E-state index is 0.455. The second-order valence-electron chi connectivity index (χ2n) is 5.26. The van der Waals surface area contributed by atoms with Crippen LogP contribution in [0.1, 0.15) is 35.7 Å². The van der Waals surface area contributed by atoms with Crippen molar-refractivity contribution in [2.75, 3.05) is 13.1 Å². The summed E-state index contributed by atoms with van der Waals surface area (Å²) in [5, 5.41) is 15.7. The maximum atomic E-state index is 4.26. The molecule has 0 bridgehead atoms. The largest absolute Gasteiger partial charge is 0.317 e.